The van der Waals surface area contributed by atoms with Crippen LogP contribution in [0, 0.1) is 5.92 Å². The number of aliphatic hydroxyl groups excluding tert-OH is 2. The van der Waals surface area contributed by atoms with Gasteiger partial charge in [-0.25, -0.2) is 0 Å². The van der Waals surface area contributed by atoms with E-state index in [1.165, 1.54) is 0 Å². The van der Waals surface area contributed by atoms with Crippen LogP contribution in [0.5, 0.6) is 0 Å². The van der Waals surface area contributed by atoms with E-state index in [0.717, 1.165) is 12.8 Å². The lowest BCUT2D eigenvalue weighted by molar-refractivity contribution is -0.143. The van der Waals surface area contributed by atoms with Crippen LogP contribution in [0.3, 0.4) is 0 Å². The molecule has 0 radical (unpaired) electrons. The summed E-state index contributed by atoms with van der Waals surface area (Å²) >= 11 is 0. The minimum atomic E-state index is -0.936. The predicted molar refractivity (Wildman–Crippen MR) is 51.7 cm³/mol. The van der Waals surface area contributed by atoms with Gasteiger partial charge in [-0.2, -0.15) is 0 Å². The van der Waals surface area contributed by atoms with Crippen LogP contribution in [0.25, 0.3) is 0 Å². The number of nitrogens with two attached hydrogens (primary N) is 1. The molecule has 0 aliphatic carbocycles. The summed E-state index contributed by atoms with van der Waals surface area (Å²) in [6.45, 7) is 0.162. The van der Waals surface area contributed by atoms with E-state index in [1.54, 1.807) is 0 Å². The van der Waals surface area contributed by atoms with E-state index in [1.807, 2.05) is 0 Å². The zero-order chi connectivity index (χ0) is 11.0. The molecule has 0 aliphatic rings. The fraction of sp³-hybridized carbons (Fsp3) is 0.889. The second kappa shape index (κ2) is 7.73. The number of hydrogen-bond acceptors (Lipinski definition) is 4. The van der Waals surface area contributed by atoms with Gasteiger partial charge >= 0.3 is 5.97 Å². The third-order valence-electron chi connectivity index (χ3n) is 2.12. The normalized spacial score (nSPS) is 15.1. The van der Waals surface area contributed by atoms with Crippen molar-refractivity contribution < 1.29 is 20.1 Å². The van der Waals surface area contributed by atoms with Crippen molar-refractivity contribution in [2.45, 2.75) is 31.8 Å². The van der Waals surface area contributed by atoms with E-state index in [0.29, 0.717) is 13.0 Å². The van der Waals surface area contributed by atoms with E-state index in [4.69, 9.17) is 21.1 Å². The van der Waals surface area contributed by atoms with E-state index >= 15 is 0 Å². The molecule has 0 saturated heterocycles. The molecule has 0 heterocycles. The van der Waals surface area contributed by atoms with E-state index < -0.39 is 18.0 Å². The summed E-state index contributed by atoms with van der Waals surface area (Å²) in [4.78, 5) is 10.7. The highest BCUT2D eigenvalue weighted by Gasteiger charge is 2.20. The van der Waals surface area contributed by atoms with Crippen molar-refractivity contribution >= 4 is 5.97 Å². The van der Waals surface area contributed by atoms with Crippen molar-refractivity contribution in [3.05, 3.63) is 0 Å². The van der Waals surface area contributed by atoms with Crippen LogP contribution in [-0.4, -0.2) is 40.5 Å². The molecule has 0 bridgehead atoms. The zero-order valence-corrected chi connectivity index (χ0v) is 8.22. The molecule has 2 atom stereocenters. The largest absolute Gasteiger partial charge is 0.481 e. The Morgan fingerprint density at radius 2 is 2.00 bits per heavy atom. The SMILES string of the molecule is NCCCCC(CC(O)CO)C(=O)O. The number of carboxylic acid groups (broad SMARTS) is 1. The van der Waals surface area contributed by atoms with Gasteiger partial charge in [-0.1, -0.05) is 6.42 Å². The number of carboxylic acids is 1. The second-order valence-corrected chi connectivity index (χ2v) is 3.39. The van der Waals surface area contributed by atoms with E-state index in [-0.39, 0.29) is 13.0 Å². The Kier molecular flexibility index (Phi) is 7.37. The van der Waals surface area contributed by atoms with Crippen LogP contribution in [0.1, 0.15) is 25.7 Å². The Morgan fingerprint density at radius 1 is 1.36 bits per heavy atom. The summed E-state index contributed by atoms with van der Waals surface area (Å²) in [6, 6.07) is 0. The number of rotatable bonds is 8. The molecule has 5 N–H and O–H groups in total. The summed E-state index contributed by atoms with van der Waals surface area (Å²) in [5.41, 5.74) is 5.28. The quantitative estimate of drug-likeness (QED) is 0.402. The van der Waals surface area contributed by atoms with Crippen molar-refractivity contribution in [1.29, 1.82) is 0 Å². The lowest BCUT2D eigenvalue weighted by atomic mass is 9.96. The first-order valence-electron chi connectivity index (χ1n) is 4.83. The van der Waals surface area contributed by atoms with Crippen LogP contribution < -0.4 is 5.73 Å². The van der Waals surface area contributed by atoms with Crippen molar-refractivity contribution in [2.24, 2.45) is 11.7 Å². The Balaban J connectivity index is 3.84. The minimum Gasteiger partial charge on any atom is -0.481 e. The fourth-order valence-electron chi connectivity index (χ4n) is 1.28. The number of aliphatic hydroxyl groups is 2. The van der Waals surface area contributed by atoms with Crippen molar-refractivity contribution in [3.8, 4) is 0 Å². The monoisotopic (exact) mass is 205 g/mol. The lowest BCUT2D eigenvalue weighted by Gasteiger charge is -2.14. The van der Waals surface area contributed by atoms with Crippen molar-refractivity contribution in [2.75, 3.05) is 13.2 Å². The maximum atomic E-state index is 10.7. The highest BCUT2D eigenvalue weighted by molar-refractivity contribution is 5.69. The van der Waals surface area contributed by atoms with Crippen LogP contribution in [-0.2, 0) is 4.79 Å². The molecule has 2 unspecified atom stereocenters. The molecule has 0 saturated carbocycles. The highest BCUT2D eigenvalue weighted by atomic mass is 16.4. The van der Waals surface area contributed by atoms with Gasteiger partial charge in [0.2, 0.25) is 0 Å². The summed E-state index contributed by atoms with van der Waals surface area (Å²) in [7, 11) is 0. The van der Waals surface area contributed by atoms with E-state index in [9.17, 15) is 4.79 Å². The molecule has 0 aromatic carbocycles. The topological polar surface area (TPSA) is 104 Å². The molecule has 0 aliphatic heterocycles. The van der Waals surface area contributed by atoms with Crippen molar-refractivity contribution in [3.63, 3.8) is 0 Å². The first-order chi connectivity index (χ1) is 6.61. The molecular formula is C9H19NO4. The van der Waals surface area contributed by atoms with Gasteiger partial charge in [-0.3, -0.25) is 4.79 Å². The standard InChI is InChI=1S/C9H19NO4/c10-4-2-1-3-7(9(13)14)5-8(12)6-11/h7-8,11-12H,1-6,10H2,(H,13,14). The molecule has 14 heavy (non-hydrogen) atoms. The molecule has 84 valence electrons. The predicted octanol–water partition coefficient (Wildman–Crippen LogP) is -0.440. The summed E-state index contributed by atoms with van der Waals surface area (Å²) in [6.07, 6.45) is 1.21. The Morgan fingerprint density at radius 3 is 2.43 bits per heavy atom. The summed E-state index contributed by atoms with van der Waals surface area (Å²) in [5, 5.41) is 26.5. The number of unbranched alkanes of at least 4 members (excludes halogenated alkanes) is 1. The number of hydrogen-bond donors (Lipinski definition) is 4. The van der Waals surface area contributed by atoms with Gasteiger partial charge in [-0.15, -0.1) is 0 Å². The van der Waals surface area contributed by atoms with Crippen molar-refractivity contribution in [1.82, 2.24) is 0 Å². The lowest BCUT2D eigenvalue weighted by Crippen LogP contribution is -2.23. The van der Waals surface area contributed by atoms with Gasteiger partial charge in [0.1, 0.15) is 0 Å². The molecule has 0 aromatic heterocycles. The molecule has 5 nitrogen and oxygen atoms in total. The molecular weight excluding hydrogens is 186 g/mol. The molecule has 0 amide bonds. The van der Waals surface area contributed by atoms with E-state index in [2.05, 4.69) is 0 Å². The average Bonchev–Trinajstić information content (AvgIpc) is 2.16. The molecule has 0 fully saturated rings. The summed E-state index contributed by atoms with van der Waals surface area (Å²) < 4.78 is 0. The maximum Gasteiger partial charge on any atom is 0.306 e. The molecule has 0 aromatic rings. The first kappa shape index (κ1) is 13.4. The van der Waals surface area contributed by atoms with Gasteiger partial charge in [0.25, 0.3) is 0 Å². The smallest absolute Gasteiger partial charge is 0.306 e. The number of carbonyl (C=O) groups is 1. The fourth-order valence-corrected chi connectivity index (χ4v) is 1.28. The Bertz CT molecular complexity index is 163. The zero-order valence-electron chi connectivity index (χ0n) is 8.22. The Hall–Kier alpha value is -0.650. The van der Waals surface area contributed by atoms with Crippen LogP contribution in [0.4, 0.5) is 0 Å². The number of aliphatic carboxylic acids is 1. The van der Waals surface area contributed by atoms with Gasteiger partial charge in [0.15, 0.2) is 0 Å². The first-order valence-corrected chi connectivity index (χ1v) is 4.83. The molecule has 5 heteroatoms. The van der Waals surface area contributed by atoms with Crippen LogP contribution in [0.15, 0.2) is 0 Å². The van der Waals surface area contributed by atoms with Crippen LogP contribution >= 0.6 is 0 Å². The average molecular weight is 205 g/mol. The van der Waals surface area contributed by atoms with Gasteiger partial charge < -0.3 is 21.1 Å². The third-order valence-corrected chi connectivity index (χ3v) is 2.12. The van der Waals surface area contributed by atoms with Gasteiger partial charge in [0, 0.05) is 0 Å². The second-order valence-electron chi connectivity index (χ2n) is 3.39. The molecule has 0 spiro atoms. The summed E-state index contributed by atoms with van der Waals surface area (Å²) in [5.74, 6) is -1.50. The minimum absolute atomic E-state index is 0.108. The molecule has 0 rings (SSSR count). The van der Waals surface area contributed by atoms with Gasteiger partial charge in [0.05, 0.1) is 18.6 Å². The highest BCUT2D eigenvalue weighted by Crippen LogP contribution is 2.15. The van der Waals surface area contributed by atoms with Gasteiger partial charge in [-0.05, 0) is 25.8 Å². The maximum absolute atomic E-state index is 10.7. The third kappa shape index (κ3) is 5.90. The Labute approximate surface area is 83.5 Å². The van der Waals surface area contributed by atoms with Crippen LogP contribution in [0.2, 0.25) is 0 Å².